The molecule has 0 saturated heterocycles. The first-order chi connectivity index (χ1) is 13.4. The van der Waals surface area contributed by atoms with Crippen molar-refractivity contribution in [3.63, 3.8) is 0 Å². The van der Waals surface area contributed by atoms with Crippen molar-refractivity contribution in [1.29, 1.82) is 0 Å². The molecule has 5 rings (SSSR count). The van der Waals surface area contributed by atoms with Gasteiger partial charge >= 0.3 is 10.1 Å². The molecule has 1 unspecified atom stereocenters. The van der Waals surface area contributed by atoms with Crippen LogP contribution in [-0.2, 0) is 10.1 Å². The van der Waals surface area contributed by atoms with Gasteiger partial charge in [0.2, 0.25) is 5.88 Å². The van der Waals surface area contributed by atoms with Gasteiger partial charge in [-0.25, -0.2) is 8.78 Å². The number of fused-ring (bicyclic) bond motifs is 1. The molecule has 5 nitrogen and oxygen atoms in total. The number of halogens is 2. The third-order valence-electron chi connectivity index (χ3n) is 5.13. The van der Waals surface area contributed by atoms with Gasteiger partial charge in [-0.15, -0.1) is 0 Å². The van der Waals surface area contributed by atoms with E-state index >= 15 is 0 Å². The molecule has 2 heterocycles. The van der Waals surface area contributed by atoms with E-state index in [1.54, 1.807) is 24.3 Å². The summed E-state index contributed by atoms with van der Waals surface area (Å²) in [5, 5.41) is 4.54. The Morgan fingerprint density at radius 1 is 1.07 bits per heavy atom. The van der Waals surface area contributed by atoms with Gasteiger partial charge in [-0.3, -0.25) is 0 Å². The molecule has 0 spiro atoms. The zero-order chi connectivity index (χ0) is 19.5. The molecule has 1 atom stereocenters. The van der Waals surface area contributed by atoms with Crippen molar-refractivity contribution in [2.45, 2.75) is 24.7 Å². The van der Waals surface area contributed by atoms with E-state index < -0.39 is 27.7 Å². The minimum Gasteiger partial charge on any atom is -0.361 e. The molecule has 144 valence electrons. The largest absolute Gasteiger partial charge is 0.361 e. The van der Waals surface area contributed by atoms with Crippen LogP contribution >= 0.6 is 0 Å². The Labute approximate surface area is 160 Å². The second-order valence-electron chi connectivity index (χ2n) is 7.16. The highest BCUT2D eigenvalue weighted by atomic mass is 32.2. The zero-order valence-corrected chi connectivity index (χ0v) is 15.5. The first kappa shape index (κ1) is 17.4. The molecule has 1 fully saturated rings. The Balaban J connectivity index is 1.77. The number of benzene rings is 2. The third kappa shape index (κ3) is 2.88. The number of nitrogens with zero attached hydrogens (tertiary/aromatic N) is 2. The van der Waals surface area contributed by atoms with Gasteiger partial charge in [-0.1, -0.05) is 24.3 Å². The van der Waals surface area contributed by atoms with Gasteiger partial charge in [0.1, 0.15) is 17.3 Å². The first-order valence-electron chi connectivity index (χ1n) is 8.98. The lowest BCUT2D eigenvalue weighted by Crippen LogP contribution is -2.27. The average Bonchev–Trinajstić information content (AvgIpc) is 3.43. The third-order valence-corrected chi connectivity index (χ3v) is 6.28. The molecule has 28 heavy (non-hydrogen) atoms. The van der Waals surface area contributed by atoms with Gasteiger partial charge in [0.25, 0.3) is 0 Å². The number of rotatable bonds is 3. The summed E-state index contributed by atoms with van der Waals surface area (Å²) in [4.78, 5) is 0. The molecule has 3 aromatic rings. The molecule has 8 heteroatoms. The van der Waals surface area contributed by atoms with E-state index in [0.717, 1.165) is 12.8 Å². The van der Waals surface area contributed by atoms with Crippen molar-refractivity contribution in [3.8, 4) is 11.6 Å². The van der Waals surface area contributed by atoms with Crippen molar-refractivity contribution in [1.82, 2.24) is 9.78 Å². The van der Waals surface area contributed by atoms with E-state index in [4.69, 9.17) is 4.18 Å². The molecule has 0 radical (unpaired) electrons. The summed E-state index contributed by atoms with van der Waals surface area (Å²) in [5.41, 5.74) is 1.94. The predicted molar refractivity (Wildman–Crippen MR) is 98.2 cm³/mol. The minimum absolute atomic E-state index is 0.00693. The van der Waals surface area contributed by atoms with E-state index in [9.17, 15) is 17.2 Å². The molecular weight excluding hydrogens is 386 g/mol. The lowest BCUT2D eigenvalue weighted by Gasteiger charge is -2.24. The normalized spacial score (nSPS) is 20.4. The van der Waals surface area contributed by atoms with Crippen LogP contribution in [0.1, 0.15) is 41.5 Å². The van der Waals surface area contributed by atoms with Crippen LogP contribution in [0.5, 0.6) is 5.88 Å². The molecule has 1 aromatic heterocycles. The minimum atomic E-state index is -3.95. The van der Waals surface area contributed by atoms with E-state index in [1.807, 2.05) is 0 Å². The SMILES string of the molecule is O=S1(=O)CC(c2cccc(F)c2)c2c(C3CC3)nn(-c3ccccc3F)c2O1. The fourth-order valence-corrected chi connectivity index (χ4v) is 4.95. The molecule has 1 aliphatic heterocycles. The summed E-state index contributed by atoms with van der Waals surface area (Å²) >= 11 is 0. The van der Waals surface area contributed by atoms with Crippen LogP contribution in [0.3, 0.4) is 0 Å². The lowest BCUT2D eigenvalue weighted by molar-refractivity contribution is 0.444. The number of aromatic nitrogens is 2. The highest BCUT2D eigenvalue weighted by molar-refractivity contribution is 7.87. The molecule has 0 N–H and O–H groups in total. The lowest BCUT2D eigenvalue weighted by atomic mass is 9.91. The van der Waals surface area contributed by atoms with E-state index in [0.29, 0.717) is 16.8 Å². The van der Waals surface area contributed by atoms with Gasteiger partial charge in [0, 0.05) is 17.4 Å². The Hall–Kier alpha value is -2.74. The predicted octanol–water partition coefficient (Wildman–Crippen LogP) is 3.88. The first-order valence-corrected chi connectivity index (χ1v) is 10.6. The van der Waals surface area contributed by atoms with Crippen LogP contribution < -0.4 is 4.18 Å². The summed E-state index contributed by atoms with van der Waals surface area (Å²) in [6, 6.07) is 11.9. The number of para-hydroxylation sites is 1. The summed E-state index contributed by atoms with van der Waals surface area (Å²) in [6.07, 6.45) is 1.84. The summed E-state index contributed by atoms with van der Waals surface area (Å²) in [6.45, 7) is 0. The second-order valence-corrected chi connectivity index (χ2v) is 8.77. The Kier molecular flexibility index (Phi) is 3.80. The van der Waals surface area contributed by atoms with Crippen LogP contribution in [-0.4, -0.2) is 24.0 Å². The topological polar surface area (TPSA) is 61.2 Å². The number of hydrogen-bond acceptors (Lipinski definition) is 4. The molecule has 2 aliphatic rings. The maximum atomic E-state index is 14.4. The maximum Gasteiger partial charge on any atom is 0.311 e. The van der Waals surface area contributed by atoms with E-state index in [-0.39, 0.29) is 23.2 Å². The second kappa shape index (κ2) is 6.13. The van der Waals surface area contributed by atoms with Crippen molar-refractivity contribution in [3.05, 3.63) is 77.0 Å². The smallest absolute Gasteiger partial charge is 0.311 e. The molecule has 0 bridgehead atoms. The standard InChI is InChI=1S/C20H16F2N2O3S/c21-14-5-3-4-13(10-14)15-11-28(25,26)27-20-18(15)19(12-8-9-12)23-24(20)17-7-2-1-6-16(17)22/h1-7,10,12,15H,8-9,11H2. The highest BCUT2D eigenvalue weighted by Gasteiger charge is 2.43. The van der Waals surface area contributed by atoms with Crippen LogP contribution in [0.25, 0.3) is 5.69 Å². The van der Waals surface area contributed by atoms with Crippen LogP contribution in [0.15, 0.2) is 48.5 Å². The fourth-order valence-electron chi connectivity index (χ4n) is 3.71. The van der Waals surface area contributed by atoms with Gasteiger partial charge in [0.15, 0.2) is 0 Å². The van der Waals surface area contributed by atoms with Gasteiger partial charge in [-0.05, 0) is 42.7 Å². The molecule has 0 amide bonds. The Morgan fingerprint density at radius 3 is 2.57 bits per heavy atom. The van der Waals surface area contributed by atoms with Crippen LogP contribution in [0, 0.1) is 11.6 Å². The Morgan fingerprint density at radius 2 is 1.86 bits per heavy atom. The zero-order valence-electron chi connectivity index (χ0n) is 14.7. The fraction of sp³-hybridized carbons (Fsp3) is 0.250. The monoisotopic (exact) mass is 402 g/mol. The number of hydrogen-bond donors (Lipinski definition) is 0. The quantitative estimate of drug-likeness (QED) is 0.624. The molecule has 1 aliphatic carbocycles. The van der Waals surface area contributed by atoms with Crippen molar-refractivity contribution < 1.29 is 21.4 Å². The van der Waals surface area contributed by atoms with Gasteiger partial charge < -0.3 is 4.18 Å². The van der Waals surface area contributed by atoms with E-state index in [1.165, 1.54) is 28.9 Å². The van der Waals surface area contributed by atoms with Crippen molar-refractivity contribution >= 4 is 10.1 Å². The molecule has 1 saturated carbocycles. The highest BCUT2D eigenvalue weighted by Crippen LogP contribution is 2.49. The summed E-state index contributed by atoms with van der Waals surface area (Å²) < 4.78 is 59.8. The Bertz CT molecular complexity index is 1190. The summed E-state index contributed by atoms with van der Waals surface area (Å²) in [7, 11) is -3.95. The molecular formula is C20H16F2N2O3S. The van der Waals surface area contributed by atoms with Crippen LogP contribution in [0.2, 0.25) is 0 Å². The average molecular weight is 402 g/mol. The van der Waals surface area contributed by atoms with Crippen molar-refractivity contribution in [2.75, 3.05) is 5.75 Å². The van der Waals surface area contributed by atoms with Crippen molar-refractivity contribution in [2.24, 2.45) is 0 Å². The summed E-state index contributed by atoms with van der Waals surface area (Å²) in [5.74, 6) is -1.76. The van der Waals surface area contributed by atoms with E-state index in [2.05, 4.69) is 5.10 Å². The maximum absolute atomic E-state index is 14.4. The van der Waals surface area contributed by atoms with Gasteiger partial charge in [-0.2, -0.15) is 18.2 Å². The molecule has 2 aromatic carbocycles. The van der Waals surface area contributed by atoms with Crippen LogP contribution in [0.4, 0.5) is 8.78 Å². The van der Waals surface area contributed by atoms with Gasteiger partial charge in [0.05, 0.1) is 11.4 Å².